The number of imide groups is 1. The van der Waals surface area contributed by atoms with Crippen molar-refractivity contribution in [2.45, 2.75) is 13.8 Å². The van der Waals surface area contributed by atoms with E-state index in [-0.39, 0.29) is 5.76 Å². The summed E-state index contributed by atoms with van der Waals surface area (Å²) in [4.78, 5) is 25.7. The van der Waals surface area contributed by atoms with Crippen molar-refractivity contribution in [1.29, 1.82) is 0 Å². The van der Waals surface area contributed by atoms with Crippen molar-refractivity contribution in [2.24, 2.45) is 0 Å². The van der Waals surface area contributed by atoms with E-state index in [0.29, 0.717) is 17.0 Å². The van der Waals surface area contributed by atoms with E-state index < -0.39 is 11.8 Å². The van der Waals surface area contributed by atoms with E-state index in [2.05, 4.69) is 0 Å². The predicted octanol–water partition coefficient (Wildman–Crippen LogP) is 3.52. The van der Waals surface area contributed by atoms with Crippen LogP contribution in [0.4, 0.5) is 11.4 Å². The first-order valence-electron chi connectivity index (χ1n) is 7.16. The molecule has 0 aliphatic heterocycles. The first-order valence-corrected chi connectivity index (χ1v) is 7.16. The van der Waals surface area contributed by atoms with Gasteiger partial charge in [-0.25, -0.2) is 4.90 Å². The van der Waals surface area contributed by atoms with Crippen LogP contribution in [-0.4, -0.2) is 11.8 Å². The summed E-state index contributed by atoms with van der Waals surface area (Å²) in [5, 5.41) is 0.819. The van der Waals surface area contributed by atoms with Gasteiger partial charge in [-0.1, -0.05) is 12.1 Å². The number of anilines is 2. The molecule has 5 heteroatoms. The van der Waals surface area contributed by atoms with Crippen LogP contribution in [0.3, 0.4) is 0 Å². The fourth-order valence-corrected chi connectivity index (χ4v) is 2.42. The number of hydrogen-bond acceptors (Lipinski definition) is 4. The number of rotatable bonds is 2. The lowest BCUT2D eigenvalue weighted by molar-refractivity contribution is -0.116. The lowest BCUT2D eigenvalue weighted by Crippen LogP contribution is -2.34. The molecule has 2 aromatic carbocycles. The van der Waals surface area contributed by atoms with E-state index >= 15 is 0 Å². The third-order valence-corrected chi connectivity index (χ3v) is 3.56. The second-order valence-corrected chi connectivity index (χ2v) is 5.40. The Bertz CT molecular complexity index is 894. The highest BCUT2D eigenvalue weighted by atomic mass is 16.3. The van der Waals surface area contributed by atoms with Gasteiger partial charge in [0.2, 0.25) is 5.91 Å². The summed E-state index contributed by atoms with van der Waals surface area (Å²) in [5.41, 5.74) is 8.31. The molecule has 0 fully saturated rings. The minimum Gasteiger partial charge on any atom is -0.451 e. The number of hydrogen-bond donors (Lipinski definition) is 1. The lowest BCUT2D eigenvalue weighted by Gasteiger charge is -2.18. The quantitative estimate of drug-likeness (QED) is 0.735. The van der Waals surface area contributed by atoms with E-state index in [9.17, 15) is 9.59 Å². The molecule has 1 heterocycles. The SMILES string of the molecule is CC(=O)N(C(=O)c1cc2ccc(C)cc2o1)c1ccc(N)cc1. The number of nitrogen functional groups attached to an aromatic ring is 1. The van der Waals surface area contributed by atoms with Gasteiger partial charge in [0.15, 0.2) is 5.76 Å². The van der Waals surface area contributed by atoms with Gasteiger partial charge in [0, 0.05) is 18.0 Å². The fraction of sp³-hybridized carbons (Fsp3) is 0.111. The molecule has 3 rings (SSSR count). The monoisotopic (exact) mass is 308 g/mol. The van der Waals surface area contributed by atoms with Crippen molar-refractivity contribution in [3.63, 3.8) is 0 Å². The van der Waals surface area contributed by atoms with Crippen LogP contribution in [0, 0.1) is 6.92 Å². The highest BCUT2D eigenvalue weighted by Gasteiger charge is 2.25. The summed E-state index contributed by atoms with van der Waals surface area (Å²) in [6.45, 7) is 3.28. The van der Waals surface area contributed by atoms with E-state index in [4.69, 9.17) is 10.2 Å². The number of carbonyl (C=O) groups is 2. The average Bonchev–Trinajstić information content (AvgIpc) is 2.92. The van der Waals surface area contributed by atoms with Gasteiger partial charge in [0.05, 0.1) is 5.69 Å². The van der Waals surface area contributed by atoms with Crippen molar-refractivity contribution in [3.05, 3.63) is 59.9 Å². The second kappa shape index (κ2) is 5.61. The third-order valence-electron chi connectivity index (χ3n) is 3.56. The molecule has 2 N–H and O–H groups in total. The number of amides is 2. The maximum absolute atomic E-state index is 12.7. The Morgan fingerprint density at radius 3 is 2.39 bits per heavy atom. The Kier molecular flexibility index (Phi) is 3.62. The van der Waals surface area contributed by atoms with Gasteiger partial charge in [-0.05, 0) is 48.9 Å². The smallest absolute Gasteiger partial charge is 0.300 e. The van der Waals surface area contributed by atoms with Gasteiger partial charge in [0.1, 0.15) is 5.58 Å². The summed E-state index contributed by atoms with van der Waals surface area (Å²) < 4.78 is 5.62. The average molecular weight is 308 g/mol. The Morgan fingerprint density at radius 2 is 1.74 bits per heavy atom. The zero-order valence-electron chi connectivity index (χ0n) is 12.9. The predicted molar refractivity (Wildman–Crippen MR) is 89.3 cm³/mol. The number of fused-ring (bicyclic) bond motifs is 1. The van der Waals surface area contributed by atoms with Crippen LogP contribution in [0.15, 0.2) is 52.9 Å². The number of carbonyl (C=O) groups excluding carboxylic acids is 2. The lowest BCUT2D eigenvalue weighted by atomic mass is 10.2. The second-order valence-electron chi connectivity index (χ2n) is 5.40. The van der Waals surface area contributed by atoms with Gasteiger partial charge in [-0.15, -0.1) is 0 Å². The van der Waals surface area contributed by atoms with Crippen LogP contribution >= 0.6 is 0 Å². The summed E-state index contributed by atoms with van der Waals surface area (Å²) >= 11 is 0. The maximum Gasteiger partial charge on any atom is 0.300 e. The molecule has 0 aliphatic rings. The van der Waals surface area contributed by atoms with Crippen molar-refractivity contribution >= 4 is 34.2 Å². The van der Waals surface area contributed by atoms with Crippen LogP contribution in [0.5, 0.6) is 0 Å². The van der Waals surface area contributed by atoms with E-state index in [1.165, 1.54) is 6.92 Å². The normalized spacial score (nSPS) is 10.7. The minimum absolute atomic E-state index is 0.123. The number of furan rings is 1. The van der Waals surface area contributed by atoms with Crippen LogP contribution in [-0.2, 0) is 4.79 Å². The highest BCUT2D eigenvalue weighted by Crippen LogP contribution is 2.24. The topological polar surface area (TPSA) is 76.5 Å². The molecule has 0 saturated heterocycles. The Morgan fingerprint density at radius 1 is 1.04 bits per heavy atom. The number of nitrogens with two attached hydrogens (primary N) is 1. The zero-order valence-corrected chi connectivity index (χ0v) is 12.9. The molecule has 0 unspecified atom stereocenters. The zero-order chi connectivity index (χ0) is 16.6. The molecule has 0 saturated carbocycles. The molecule has 0 aliphatic carbocycles. The molecule has 5 nitrogen and oxygen atoms in total. The largest absolute Gasteiger partial charge is 0.451 e. The van der Waals surface area contributed by atoms with Gasteiger partial charge < -0.3 is 10.2 Å². The van der Waals surface area contributed by atoms with Crippen LogP contribution in [0.2, 0.25) is 0 Å². The van der Waals surface area contributed by atoms with Crippen molar-refractivity contribution < 1.29 is 14.0 Å². The van der Waals surface area contributed by atoms with Crippen LogP contribution in [0.25, 0.3) is 11.0 Å². The Hall–Kier alpha value is -3.08. The van der Waals surface area contributed by atoms with Crippen LogP contribution in [0.1, 0.15) is 23.0 Å². The van der Waals surface area contributed by atoms with Gasteiger partial charge >= 0.3 is 5.91 Å². The molecule has 0 spiro atoms. The molecule has 23 heavy (non-hydrogen) atoms. The number of aryl methyl sites for hydroxylation is 1. The highest BCUT2D eigenvalue weighted by molar-refractivity contribution is 6.20. The first kappa shape index (κ1) is 14.8. The number of benzene rings is 2. The maximum atomic E-state index is 12.7. The number of nitrogens with zero attached hydrogens (tertiary/aromatic N) is 1. The van der Waals surface area contributed by atoms with Crippen molar-refractivity contribution in [3.8, 4) is 0 Å². The molecule has 2 amide bonds. The minimum atomic E-state index is -0.504. The van der Waals surface area contributed by atoms with Gasteiger partial charge in [0.25, 0.3) is 0 Å². The molecule has 0 radical (unpaired) electrons. The summed E-state index contributed by atoms with van der Waals surface area (Å²) in [6.07, 6.45) is 0. The van der Waals surface area contributed by atoms with Gasteiger partial charge in [-0.3, -0.25) is 9.59 Å². The fourth-order valence-electron chi connectivity index (χ4n) is 2.42. The summed E-state index contributed by atoms with van der Waals surface area (Å²) in [7, 11) is 0. The van der Waals surface area contributed by atoms with E-state index in [0.717, 1.165) is 15.8 Å². The molecule has 3 aromatic rings. The molecule has 0 bridgehead atoms. The van der Waals surface area contributed by atoms with E-state index in [1.54, 1.807) is 30.3 Å². The van der Waals surface area contributed by atoms with Crippen LogP contribution < -0.4 is 10.6 Å². The summed E-state index contributed by atoms with van der Waals surface area (Å²) in [5.74, 6) is -0.773. The Balaban J connectivity index is 2.03. The third kappa shape index (κ3) is 2.81. The van der Waals surface area contributed by atoms with Crippen molar-refractivity contribution in [2.75, 3.05) is 10.6 Å². The summed E-state index contributed by atoms with van der Waals surface area (Å²) in [6, 6.07) is 13.9. The standard InChI is InChI=1S/C18H16N2O3/c1-11-3-4-13-10-17(23-16(13)9-11)18(22)20(12(2)21)15-7-5-14(19)6-8-15/h3-10H,19H2,1-2H3. The van der Waals surface area contributed by atoms with Crippen molar-refractivity contribution in [1.82, 2.24) is 0 Å². The molecule has 0 atom stereocenters. The molecule has 1 aromatic heterocycles. The van der Waals surface area contributed by atoms with Gasteiger partial charge in [-0.2, -0.15) is 0 Å². The molecular weight excluding hydrogens is 292 g/mol. The van der Waals surface area contributed by atoms with E-state index in [1.807, 2.05) is 25.1 Å². The molecule has 116 valence electrons. The first-order chi connectivity index (χ1) is 11.0. The molecular formula is C18H16N2O3. The Labute approximate surface area is 133 Å².